The Labute approximate surface area is 140 Å². The van der Waals surface area contributed by atoms with Gasteiger partial charge in [0, 0.05) is 13.1 Å². The normalized spacial score (nSPS) is 19.7. The van der Waals surface area contributed by atoms with Gasteiger partial charge in [-0.1, -0.05) is 47.9 Å². The topological polar surface area (TPSA) is 37.4 Å². The maximum atomic E-state index is 12.9. The minimum absolute atomic E-state index is 0.192. The first-order valence-electron chi connectivity index (χ1n) is 7.89. The minimum Gasteiger partial charge on any atom is -0.207 e. The first-order chi connectivity index (χ1) is 10.9. The molecule has 1 heterocycles. The maximum Gasteiger partial charge on any atom is 0.243 e. The van der Waals surface area contributed by atoms with Gasteiger partial charge < -0.3 is 0 Å². The highest BCUT2D eigenvalue weighted by atomic mass is 32.2. The molecule has 1 atom stereocenters. The van der Waals surface area contributed by atoms with Crippen LogP contribution in [0.3, 0.4) is 0 Å². The highest BCUT2D eigenvalue weighted by Crippen LogP contribution is 2.31. The fourth-order valence-electron chi connectivity index (χ4n) is 3.06. The molecule has 1 aliphatic rings. The van der Waals surface area contributed by atoms with Crippen molar-refractivity contribution in [3.05, 3.63) is 66.3 Å². The molecular weight excluding hydrogens is 306 g/mol. The summed E-state index contributed by atoms with van der Waals surface area (Å²) in [7, 11) is -3.46. The predicted octanol–water partition coefficient (Wildman–Crippen LogP) is 4.08. The second kappa shape index (κ2) is 7.28. The van der Waals surface area contributed by atoms with E-state index in [2.05, 4.69) is 20.1 Å². The molecule has 0 bridgehead atoms. The van der Waals surface area contributed by atoms with Gasteiger partial charge in [-0.2, -0.15) is 4.31 Å². The van der Waals surface area contributed by atoms with Gasteiger partial charge in [-0.3, -0.25) is 0 Å². The zero-order valence-electron chi connectivity index (χ0n) is 14.0. The van der Waals surface area contributed by atoms with E-state index < -0.39 is 10.0 Å². The second-order valence-corrected chi connectivity index (χ2v) is 8.06. The Morgan fingerprint density at radius 3 is 2.35 bits per heavy atom. The van der Waals surface area contributed by atoms with Crippen LogP contribution >= 0.6 is 0 Å². The molecule has 124 valence electrons. The first kappa shape index (κ1) is 17.7. The number of nitrogens with zero attached hydrogens (tertiary/aromatic N) is 1. The monoisotopic (exact) mass is 331 g/mol. The number of hydrogen-bond donors (Lipinski definition) is 0. The molecule has 0 fully saturated rings. The van der Waals surface area contributed by atoms with Crippen molar-refractivity contribution in [1.82, 2.24) is 4.31 Å². The van der Waals surface area contributed by atoms with Gasteiger partial charge >= 0.3 is 0 Å². The van der Waals surface area contributed by atoms with E-state index in [9.17, 15) is 8.42 Å². The smallest absolute Gasteiger partial charge is 0.207 e. The van der Waals surface area contributed by atoms with Crippen molar-refractivity contribution in [2.45, 2.75) is 31.6 Å². The van der Waals surface area contributed by atoms with Crippen LogP contribution in [-0.2, 0) is 10.0 Å². The molecule has 1 unspecified atom stereocenters. The molecule has 0 N–H and O–H groups in total. The Kier molecular flexibility index (Phi) is 5.60. The van der Waals surface area contributed by atoms with E-state index in [-0.39, 0.29) is 5.92 Å². The van der Waals surface area contributed by atoms with Crippen LogP contribution in [0.5, 0.6) is 0 Å². The zero-order valence-corrected chi connectivity index (χ0v) is 14.8. The number of rotatable bonds is 6. The van der Waals surface area contributed by atoms with Crippen LogP contribution < -0.4 is 0 Å². The Morgan fingerprint density at radius 2 is 1.78 bits per heavy atom. The molecule has 0 saturated carbocycles. The van der Waals surface area contributed by atoms with Crippen LogP contribution in [0, 0.1) is 12.8 Å². The van der Waals surface area contributed by atoms with Gasteiger partial charge in [0.05, 0.1) is 4.90 Å². The van der Waals surface area contributed by atoms with Crippen molar-refractivity contribution in [2.24, 2.45) is 5.92 Å². The highest BCUT2D eigenvalue weighted by Gasteiger charge is 2.32. The van der Waals surface area contributed by atoms with Crippen LogP contribution in [0.4, 0.5) is 0 Å². The SMILES string of the molecule is C=CCC1=C(CC=C)C(C)CN(S(=O)(=O)c2ccc(C)cc2)C1. The van der Waals surface area contributed by atoms with E-state index >= 15 is 0 Å². The van der Waals surface area contributed by atoms with Crippen molar-refractivity contribution in [1.29, 1.82) is 0 Å². The average molecular weight is 331 g/mol. The van der Waals surface area contributed by atoms with Crippen LogP contribution in [0.25, 0.3) is 0 Å². The molecule has 1 aliphatic heterocycles. The van der Waals surface area contributed by atoms with Gasteiger partial charge in [-0.15, -0.1) is 13.2 Å². The summed E-state index contributed by atoms with van der Waals surface area (Å²) < 4.78 is 27.4. The molecule has 1 aromatic carbocycles. The first-order valence-corrected chi connectivity index (χ1v) is 9.33. The zero-order chi connectivity index (χ0) is 17.0. The van der Waals surface area contributed by atoms with Crippen LogP contribution in [0.15, 0.2) is 65.6 Å². The average Bonchev–Trinajstić information content (AvgIpc) is 2.51. The van der Waals surface area contributed by atoms with Crippen molar-refractivity contribution in [3.63, 3.8) is 0 Å². The molecule has 0 saturated heterocycles. The molecule has 0 spiro atoms. The van der Waals surface area contributed by atoms with E-state index in [0.29, 0.717) is 24.4 Å². The van der Waals surface area contributed by atoms with E-state index in [1.54, 1.807) is 16.4 Å². The summed E-state index contributed by atoms with van der Waals surface area (Å²) in [5.74, 6) is 0.192. The van der Waals surface area contributed by atoms with Crippen LogP contribution in [0.2, 0.25) is 0 Å². The third-order valence-electron chi connectivity index (χ3n) is 4.31. The highest BCUT2D eigenvalue weighted by molar-refractivity contribution is 7.89. The summed E-state index contributed by atoms with van der Waals surface area (Å²) in [5.41, 5.74) is 3.50. The molecule has 3 nitrogen and oxygen atoms in total. The van der Waals surface area contributed by atoms with Gasteiger partial charge in [0.2, 0.25) is 10.0 Å². The molecule has 0 aliphatic carbocycles. The van der Waals surface area contributed by atoms with Gasteiger partial charge in [-0.05, 0) is 37.8 Å². The lowest BCUT2D eigenvalue weighted by Gasteiger charge is -2.34. The lowest BCUT2D eigenvalue weighted by Crippen LogP contribution is -2.40. The molecular formula is C19H25NO2S. The van der Waals surface area contributed by atoms with Crippen molar-refractivity contribution >= 4 is 10.0 Å². The van der Waals surface area contributed by atoms with Crippen molar-refractivity contribution < 1.29 is 8.42 Å². The van der Waals surface area contributed by atoms with Gasteiger partial charge in [0.15, 0.2) is 0 Å². The van der Waals surface area contributed by atoms with Crippen LogP contribution in [-0.4, -0.2) is 25.8 Å². The Balaban J connectivity index is 2.36. The predicted molar refractivity (Wildman–Crippen MR) is 95.8 cm³/mol. The molecule has 1 aromatic rings. The molecule has 0 radical (unpaired) electrons. The van der Waals surface area contributed by atoms with Gasteiger partial charge in [0.25, 0.3) is 0 Å². The Bertz CT molecular complexity index is 714. The van der Waals surface area contributed by atoms with E-state index in [1.807, 2.05) is 31.2 Å². The van der Waals surface area contributed by atoms with Gasteiger partial charge in [0.1, 0.15) is 0 Å². The summed E-state index contributed by atoms with van der Waals surface area (Å²) in [5, 5.41) is 0. The number of aryl methyl sites for hydroxylation is 1. The fourth-order valence-corrected chi connectivity index (χ4v) is 4.58. The van der Waals surface area contributed by atoms with E-state index in [4.69, 9.17) is 0 Å². The van der Waals surface area contributed by atoms with E-state index in [1.165, 1.54) is 5.57 Å². The lowest BCUT2D eigenvalue weighted by atomic mass is 9.88. The molecule has 0 amide bonds. The molecule has 2 rings (SSSR count). The van der Waals surface area contributed by atoms with Crippen LogP contribution in [0.1, 0.15) is 25.3 Å². The number of allylic oxidation sites excluding steroid dienone is 2. The maximum absolute atomic E-state index is 12.9. The summed E-state index contributed by atoms with van der Waals surface area (Å²) in [6.45, 7) is 12.6. The Morgan fingerprint density at radius 1 is 1.17 bits per heavy atom. The summed E-state index contributed by atoms with van der Waals surface area (Å²) >= 11 is 0. The second-order valence-electron chi connectivity index (χ2n) is 6.13. The third kappa shape index (κ3) is 3.82. The number of hydrogen-bond acceptors (Lipinski definition) is 2. The Hall–Kier alpha value is -1.65. The standard InChI is InChI=1S/C19H25NO2S/c1-5-7-17-14-20(13-16(4)19(17)8-6-2)23(21,22)18-11-9-15(3)10-12-18/h5-6,9-12,16H,1-2,7-8,13-14H2,3-4H3. The number of benzene rings is 1. The van der Waals surface area contributed by atoms with E-state index in [0.717, 1.165) is 17.6 Å². The van der Waals surface area contributed by atoms with Crippen molar-refractivity contribution in [3.8, 4) is 0 Å². The molecule has 0 aromatic heterocycles. The lowest BCUT2D eigenvalue weighted by molar-refractivity contribution is 0.366. The molecule has 4 heteroatoms. The fraction of sp³-hybridized carbons (Fsp3) is 0.368. The largest absolute Gasteiger partial charge is 0.243 e. The molecule has 23 heavy (non-hydrogen) atoms. The third-order valence-corrected chi connectivity index (χ3v) is 6.13. The van der Waals surface area contributed by atoms with Crippen molar-refractivity contribution in [2.75, 3.05) is 13.1 Å². The number of sulfonamides is 1. The minimum atomic E-state index is -3.46. The summed E-state index contributed by atoms with van der Waals surface area (Å²) in [6.07, 6.45) is 5.25. The quantitative estimate of drug-likeness (QED) is 0.737. The van der Waals surface area contributed by atoms with Gasteiger partial charge in [-0.25, -0.2) is 8.42 Å². The summed E-state index contributed by atoms with van der Waals surface area (Å²) in [4.78, 5) is 0.362. The summed E-state index contributed by atoms with van der Waals surface area (Å²) in [6, 6.07) is 7.05.